The van der Waals surface area contributed by atoms with E-state index < -0.39 is 30.1 Å². The molecule has 0 saturated carbocycles. The van der Waals surface area contributed by atoms with Crippen LogP contribution in [0.25, 0.3) is 0 Å². The van der Waals surface area contributed by atoms with E-state index in [1.165, 1.54) is 0 Å². The van der Waals surface area contributed by atoms with Crippen molar-refractivity contribution >= 4 is 5.97 Å². The van der Waals surface area contributed by atoms with Crippen molar-refractivity contribution in [3.05, 3.63) is 35.9 Å². The highest BCUT2D eigenvalue weighted by Crippen LogP contribution is 2.30. The molecule has 2 rings (SSSR count). The number of rotatable bonds is 3. The van der Waals surface area contributed by atoms with Gasteiger partial charge in [-0.1, -0.05) is 30.3 Å². The second kappa shape index (κ2) is 4.83. The van der Waals surface area contributed by atoms with Crippen LogP contribution in [0.2, 0.25) is 0 Å². The molecule has 5 heteroatoms. The van der Waals surface area contributed by atoms with Gasteiger partial charge in [-0.2, -0.15) is 0 Å². The number of aliphatic carboxylic acids is 1. The maximum atomic E-state index is 11.0. The maximum Gasteiger partial charge on any atom is 0.321 e. The van der Waals surface area contributed by atoms with Crippen molar-refractivity contribution in [2.75, 3.05) is 6.54 Å². The lowest BCUT2D eigenvalue weighted by atomic mass is 9.88. The minimum Gasteiger partial charge on any atom is -0.480 e. The summed E-state index contributed by atoms with van der Waals surface area (Å²) in [6.45, 7) is 0.186. The van der Waals surface area contributed by atoms with Crippen LogP contribution in [0.4, 0.5) is 0 Å². The lowest BCUT2D eigenvalue weighted by Crippen LogP contribution is -2.39. The number of hydrogen-bond donors (Lipinski definition) is 4. The predicted molar refractivity (Wildman–Crippen MR) is 60.3 cm³/mol. The van der Waals surface area contributed by atoms with E-state index in [0.29, 0.717) is 5.56 Å². The van der Waals surface area contributed by atoms with Crippen LogP contribution in [0.3, 0.4) is 0 Å². The standard InChI is InChI=1S/C12H15NO4/c14-8-6-13-10(12(16)17)9(8)11(15)7-4-2-1-3-5-7/h1-5,8-11,13-15H,6H2,(H,16,17)/t8?,9-,10+,11?/m1/s1. The van der Waals surface area contributed by atoms with Gasteiger partial charge in [0.15, 0.2) is 0 Å². The molecule has 2 unspecified atom stereocenters. The minimum absolute atomic E-state index is 0.186. The van der Waals surface area contributed by atoms with Gasteiger partial charge in [0, 0.05) is 12.5 Å². The molecule has 0 bridgehead atoms. The van der Waals surface area contributed by atoms with Gasteiger partial charge in [0.2, 0.25) is 0 Å². The Morgan fingerprint density at radius 3 is 2.59 bits per heavy atom. The van der Waals surface area contributed by atoms with Crippen molar-refractivity contribution < 1.29 is 20.1 Å². The van der Waals surface area contributed by atoms with Crippen LogP contribution in [0.15, 0.2) is 30.3 Å². The lowest BCUT2D eigenvalue weighted by molar-refractivity contribution is -0.142. The fraction of sp³-hybridized carbons (Fsp3) is 0.417. The van der Waals surface area contributed by atoms with Crippen molar-refractivity contribution in [1.29, 1.82) is 0 Å². The Morgan fingerprint density at radius 1 is 1.35 bits per heavy atom. The van der Waals surface area contributed by atoms with E-state index in [4.69, 9.17) is 5.11 Å². The maximum absolute atomic E-state index is 11.0. The van der Waals surface area contributed by atoms with Gasteiger partial charge in [-0.25, -0.2) is 0 Å². The van der Waals surface area contributed by atoms with Gasteiger partial charge in [0.1, 0.15) is 6.04 Å². The summed E-state index contributed by atoms with van der Waals surface area (Å²) in [5.41, 5.74) is 0.617. The highest BCUT2D eigenvalue weighted by Gasteiger charge is 2.43. The number of carbonyl (C=O) groups is 1. The Hall–Kier alpha value is -1.43. The van der Waals surface area contributed by atoms with Gasteiger partial charge in [0.25, 0.3) is 0 Å². The van der Waals surface area contributed by atoms with Crippen molar-refractivity contribution in [3.63, 3.8) is 0 Å². The summed E-state index contributed by atoms with van der Waals surface area (Å²) in [5, 5.41) is 31.6. The van der Waals surface area contributed by atoms with Crippen LogP contribution in [0.5, 0.6) is 0 Å². The average molecular weight is 237 g/mol. The molecule has 4 atom stereocenters. The number of hydrogen-bond acceptors (Lipinski definition) is 4. The molecule has 1 aliphatic heterocycles. The van der Waals surface area contributed by atoms with Gasteiger partial charge in [0.05, 0.1) is 12.2 Å². The van der Waals surface area contributed by atoms with E-state index in [1.807, 2.05) is 6.07 Å². The topological polar surface area (TPSA) is 89.8 Å². The summed E-state index contributed by atoms with van der Waals surface area (Å²) in [7, 11) is 0. The van der Waals surface area contributed by atoms with Crippen molar-refractivity contribution in [2.24, 2.45) is 5.92 Å². The van der Waals surface area contributed by atoms with E-state index in [2.05, 4.69) is 5.32 Å². The number of benzene rings is 1. The van der Waals surface area contributed by atoms with Crippen molar-refractivity contribution in [2.45, 2.75) is 18.2 Å². The smallest absolute Gasteiger partial charge is 0.321 e. The molecule has 17 heavy (non-hydrogen) atoms. The molecule has 0 amide bonds. The molecule has 1 fully saturated rings. The van der Waals surface area contributed by atoms with Gasteiger partial charge < -0.3 is 20.6 Å². The van der Waals surface area contributed by atoms with Gasteiger partial charge in [-0.3, -0.25) is 4.79 Å². The summed E-state index contributed by atoms with van der Waals surface area (Å²) >= 11 is 0. The summed E-state index contributed by atoms with van der Waals surface area (Å²) in [6.07, 6.45) is -1.84. The predicted octanol–water partition coefficient (Wildman–Crippen LogP) is -0.246. The zero-order chi connectivity index (χ0) is 12.4. The van der Waals surface area contributed by atoms with Crippen molar-refractivity contribution in [1.82, 2.24) is 5.32 Å². The van der Waals surface area contributed by atoms with E-state index >= 15 is 0 Å². The fourth-order valence-electron chi connectivity index (χ4n) is 2.26. The van der Waals surface area contributed by atoms with E-state index in [1.54, 1.807) is 24.3 Å². The Labute approximate surface area is 98.7 Å². The number of aliphatic hydroxyl groups excluding tert-OH is 2. The van der Waals surface area contributed by atoms with E-state index in [9.17, 15) is 15.0 Å². The molecule has 0 radical (unpaired) electrons. The first-order chi connectivity index (χ1) is 8.11. The Kier molecular flexibility index (Phi) is 3.42. The molecule has 1 saturated heterocycles. The van der Waals surface area contributed by atoms with Crippen LogP contribution in [-0.4, -0.2) is 40.0 Å². The number of carboxylic acid groups (broad SMARTS) is 1. The normalized spacial score (nSPS) is 30.1. The van der Waals surface area contributed by atoms with Crippen molar-refractivity contribution in [3.8, 4) is 0 Å². The second-order valence-corrected chi connectivity index (χ2v) is 4.22. The molecular formula is C12H15NO4. The quantitative estimate of drug-likeness (QED) is 0.582. The molecule has 1 aromatic carbocycles. The molecule has 1 aliphatic rings. The minimum atomic E-state index is -1.05. The lowest BCUT2D eigenvalue weighted by Gasteiger charge is -2.24. The molecule has 1 aromatic rings. The molecule has 0 aromatic heterocycles. The average Bonchev–Trinajstić information content (AvgIpc) is 2.71. The third-order valence-corrected chi connectivity index (χ3v) is 3.15. The fourth-order valence-corrected chi connectivity index (χ4v) is 2.26. The van der Waals surface area contributed by atoms with Crippen LogP contribution in [0, 0.1) is 5.92 Å². The highest BCUT2D eigenvalue weighted by molar-refractivity contribution is 5.74. The molecular weight excluding hydrogens is 222 g/mol. The van der Waals surface area contributed by atoms with Gasteiger partial charge in [-0.05, 0) is 5.56 Å². The zero-order valence-corrected chi connectivity index (χ0v) is 9.15. The third kappa shape index (κ3) is 2.31. The Balaban J connectivity index is 2.23. The zero-order valence-electron chi connectivity index (χ0n) is 9.15. The number of nitrogens with one attached hydrogen (secondary N) is 1. The summed E-state index contributed by atoms with van der Waals surface area (Å²) < 4.78 is 0. The molecule has 0 spiro atoms. The van der Waals surface area contributed by atoms with Crippen LogP contribution in [0.1, 0.15) is 11.7 Å². The summed E-state index contributed by atoms with van der Waals surface area (Å²) in [4.78, 5) is 11.0. The first-order valence-electron chi connectivity index (χ1n) is 5.48. The first-order valence-corrected chi connectivity index (χ1v) is 5.48. The largest absolute Gasteiger partial charge is 0.480 e. The Morgan fingerprint density at radius 2 is 2.00 bits per heavy atom. The number of carboxylic acids is 1. The molecule has 4 N–H and O–H groups in total. The van der Waals surface area contributed by atoms with Gasteiger partial charge in [-0.15, -0.1) is 0 Å². The molecule has 5 nitrogen and oxygen atoms in total. The molecule has 0 aliphatic carbocycles. The highest BCUT2D eigenvalue weighted by atomic mass is 16.4. The summed E-state index contributed by atoms with van der Waals surface area (Å²) in [6, 6.07) is 7.86. The number of β-amino-alcohol motifs (C(OH)–C–C–N with tert-alkyl or cyclic N) is 1. The molecule has 1 heterocycles. The van der Waals surface area contributed by atoms with E-state index in [-0.39, 0.29) is 6.54 Å². The third-order valence-electron chi connectivity index (χ3n) is 3.15. The monoisotopic (exact) mass is 237 g/mol. The van der Waals surface area contributed by atoms with Gasteiger partial charge >= 0.3 is 5.97 Å². The SMILES string of the molecule is O=C(O)[C@H]1NCC(O)[C@H]1C(O)c1ccccc1. The number of aliphatic hydroxyl groups is 2. The molecule has 92 valence electrons. The van der Waals surface area contributed by atoms with Crippen LogP contribution in [-0.2, 0) is 4.79 Å². The van der Waals surface area contributed by atoms with Crippen LogP contribution >= 0.6 is 0 Å². The summed E-state index contributed by atoms with van der Waals surface area (Å²) in [5.74, 6) is -1.78. The second-order valence-electron chi connectivity index (χ2n) is 4.22. The first kappa shape index (κ1) is 12.0. The Bertz CT molecular complexity index is 395. The van der Waals surface area contributed by atoms with Crippen LogP contribution < -0.4 is 5.32 Å². The van der Waals surface area contributed by atoms with E-state index in [0.717, 1.165) is 0 Å².